The van der Waals surface area contributed by atoms with E-state index in [2.05, 4.69) is 33.9 Å². The quantitative estimate of drug-likeness (QED) is 0.811. The first-order chi connectivity index (χ1) is 8.22. The fraction of sp³-hybridized carbons (Fsp3) is 0.833. The van der Waals surface area contributed by atoms with Gasteiger partial charge in [-0.1, -0.05) is 0 Å². The molecule has 0 spiro atoms. The largest absolute Gasteiger partial charge is 0.385 e. The lowest BCUT2D eigenvalue weighted by atomic mass is 10.2. The normalized spacial score (nSPS) is 18.1. The Kier molecular flexibility index (Phi) is 4.12. The van der Waals surface area contributed by atoms with Gasteiger partial charge < -0.3 is 14.6 Å². The first-order valence-corrected chi connectivity index (χ1v) is 6.39. The Bertz CT molecular complexity index is 363. The van der Waals surface area contributed by atoms with E-state index in [4.69, 9.17) is 4.74 Å². The van der Waals surface area contributed by atoms with Crippen LogP contribution in [-0.2, 0) is 17.7 Å². The number of fused-ring (bicyclic) bond motifs is 1. The number of ether oxygens (including phenoxy) is 1. The molecule has 0 saturated heterocycles. The lowest BCUT2D eigenvalue weighted by Crippen LogP contribution is -2.31. The Hall–Kier alpha value is -0.940. The van der Waals surface area contributed by atoms with Gasteiger partial charge >= 0.3 is 0 Å². The molecule has 1 aromatic heterocycles. The highest BCUT2D eigenvalue weighted by atomic mass is 16.5. The molecule has 0 fully saturated rings. The monoisotopic (exact) mass is 238 g/mol. The van der Waals surface area contributed by atoms with Crippen LogP contribution in [0.1, 0.15) is 44.4 Å². The Morgan fingerprint density at radius 1 is 1.41 bits per heavy atom. The number of hydrogen-bond acceptors (Lipinski definition) is 4. The van der Waals surface area contributed by atoms with E-state index in [9.17, 15) is 0 Å². The molecule has 0 saturated carbocycles. The van der Waals surface area contributed by atoms with Crippen molar-refractivity contribution in [1.82, 2.24) is 20.1 Å². The maximum absolute atomic E-state index is 5.09. The lowest BCUT2D eigenvalue weighted by molar-refractivity contribution is 0.182. The Balaban J connectivity index is 1.93. The number of nitrogens with zero attached hydrogens (tertiary/aromatic N) is 3. The highest BCUT2D eigenvalue weighted by molar-refractivity contribution is 5.04. The molecule has 1 aliphatic rings. The molecule has 1 aliphatic heterocycles. The first-order valence-electron chi connectivity index (χ1n) is 6.39. The van der Waals surface area contributed by atoms with Crippen molar-refractivity contribution in [2.24, 2.45) is 0 Å². The molecule has 1 aromatic rings. The second-order valence-corrected chi connectivity index (χ2v) is 4.80. The molecule has 1 N–H and O–H groups in total. The molecular weight excluding hydrogens is 216 g/mol. The summed E-state index contributed by atoms with van der Waals surface area (Å²) in [6, 6.07) is 0.681. The van der Waals surface area contributed by atoms with E-state index in [0.717, 1.165) is 37.6 Å². The third kappa shape index (κ3) is 2.84. The van der Waals surface area contributed by atoms with Crippen LogP contribution in [0.4, 0.5) is 0 Å². The van der Waals surface area contributed by atoms with Crippen LogP contribution in [0.5, 0.6) is 0 Å². The summed E-state index contributed by atoms with van der Waals surface area (Å²) in [7, 11) is 1.74. The van der Waals surface area contributed by atoms with Gasteiger partial charge in [0.15, 0.2) is 0 Å². The van der Waals surface area contributed by atoms with Crippen molar-refractivity contribution in [1.29, 1.82) is 0 Å². The Morgan fingerprint density at radius 3 is 3.00 bits per heavy atom. The molecule has 0 bridgehead atoms. The summed E-state index contributed by atoms with van der Waals surface area (Å²) in [6.45, 7) is 6.19. The summed E-state index contributed by atoms with van der Waals surface area (Å²) >= 11 is 0. The zero-order chi connectivity index (χ0) is 12.3. The van der Waals surface area contributed by atoms with E-state index >= 15 is 0 Å². The number of methoxy groups -OCH3 is 1. The molecule has 2 rings (SSSR count). The van der Waals surface area contributed by atoms with Crippen LogP contribution in [0, 0.1) is 0 Å². The summed E-state index contributed by atoms with van der Waals surface area (Å²) in [5.41, 5.74) is 0. The highest BCUT2D eigenvalue weighted by Crippen LogP contribution is 2.19. The van der Waals surface area contributed by atoms with Crippen molar-refractivity contribution in [3.05, 3.63) is 11.6 Å². The van der Waals surface area contributed by atoms with Crippen LogP contribution in [-0.4, -0.2) is 34.5 Å². The van der Waals surface area contributed by atoms with E-state index < -0.39 is 0 Å². The van der Waals surface area contributed by atoms with Gasteiger partial charge in [0.1, 0.15) is 11.6 Å². The zero-order valence-electron chi connectivity index (χ0n) is 10.9. The number of rotatable bonds is 6. The van der Waals surface area contributed by atoms with E-state index in [0.29, 0.717) is 6.04 Å². The van der Waals surface area contributed by atoms with Gasteiger partial charge in [0.05, 0.1) is 6.04 Å². The Morgan fingerprint density at radius 2 is 2.24 bits per heavy atom. The van der Waals surface area contributed by atoms with E-state index in [-0.39, 0.29) is 6.04 Å². The van der Waals surface area contributed by atoms with Gasteiger partial charge in [-0.25, -0.2) is 0 Å². The molecule has 5 heteroatoms. The number of aromatic nitrogens is 3. The van der Waals surface area contributed by atoms with E-state index in [1.54, 1.807) is 7.11 Å². The average molecular weight is 238 g/mol. The summed E-state index contributed by atoms with van der Waals surface area (Å²) in [5, 5.41) is 12.1. The Labute approximate surface area is 103 Å². The third-order valence-corrected chi connectivity index (χ3v) is 3.31. The van der Waals surface area contributed by atoms with Gasteiger partial charge in [-0.3, -0.25) is 0 Å². The van der Waals surface area contributed by atoms with Crippen LogP contribution >= 0.6 is 0 Å². The first kappa shape index (κ1) is 12.5. The van der Waals surface area contributed by atoms with Gasteiger partial charge in [-0.2, -0.15) is 0 Å². The van der Waals surface area contributed by atoms with Crippen LogP contribution in [0.2, 0.25) is 0 Å². The molecule has 2 atom stereocenters. The standard InChI is InChI=1S/C12H22N4O/c1-9(6-8-17-3)13-10(2)12-15-14-11-5-4-7-16(11)12/h9-10,13H,4-8H2,1-3H3. The smallest absolute Gasteiger partial charge is 0.149 e. The molecule has 2 heterocycles. The predicted octanol–water partition coefficient (Wildman–Crippen LogP) is 1.30. The average Bonchev–Trinajstić information content (AvgIpc) is 2.87. The van der Waals surface area contributed by atoms with Crippen molar-refractivity contribution in [3.63, 3.8) is 0 Å². The molecule has 0 amide bonds. The van der Waals surface area contributed by atoms with Crippen molar-refractivity contribution >= 4 is 0 Å². The van der Waals surface area contributed by atoms with Crippen molar-refractivity contribution in [2.45, 2.75) is 51.7 Å². The minimum atomic E-state index is 0.251. The van der Waals surface area contributed by atoms with E-state index in [1.165, 1.54) is 6.42 Å². The molecule has 0 aromatic carbocycles. The van der Waals surface area contributed by atoms with Crippen LogP contribution in [0.15, 0.2) is 0 Å². The molecule has 5 nitrogen and oxygen atoms in total. The molecule has 2 unspecified atom stereocenters. The molecule has 0 radical (unpaired) electrons. The number of aryl methyl sites for hydroxylation is 1. The fourth-order valence-electron chi connectivity index (χ4n) is 2.37. The maximum atomic E-state index is 5.09. The minimum Gasteiger partial charge on any atom is -0.385 e. The topological polar surface area (TPSA) is 52.0 Å². The van der Waals surface area contributed by atoms with Crippen molar-refractivity contribution < 1.29 is 4.74 Å². The predicted molar refractivity (Wildman–Crippen MR) is 65.8 cm³/mol. The van der Waals surface area contributed by atoms with Gasteiger partial charge in [-0.15, -0.1) is 10.2 Å². The van der Waals surface area contributed by atoms with Gasteiger partial charge in [0.25, 0.3) is 0 Å². The number of hydrogen-bond donors (Lipinski definition) is 1. The molecular formula is C12H22N4O. The number of nitrogens with one attached hydrogen (secondary N) is 1. The third-order valence-electron chi connectivity index (χ3n) is 3.31. The van der Waals surface area contributed by atoms with Crippen LogP contribution < -0.4 is 5.32 Å². The van der Waals surface area contributed by atoms with Crippen molar-refractivity contribution in [3.8, 4) is 0 Å². The van der Waals surface area contributed by atoms with Crippen LogP contribution in [0.3, 0.4) is 0 Å². The SMILES string of the molecule is COCCC(C)NC(C)c1nnc2n1CCC2. The summed E-state index contributed by atoms with van der Waals surface area (Å²) < 4.78 is 7.34. The minimum absolute atomic E-state index is 0.251. The van der Waals surface area contributed by atoms with Crippen LogP contribution in [0.25, 0.3) is 0 Å². The van der Waals surface area contributed by atoms with Gasteiger partial charge in [-0.05, 0) is 26.7 Å². The molecule has 96 valence electrons. The summed E-state index contributed by atoms with van der Waals surface area (Å²) in [4.78, 5) is 0. The van der Waals surface area contributed by atoms with Crippen molar-refractivity contribution in [2.75, 3.05) is 13.7 Å². The van der Waals surface area contributed by atoms with Gasteiger partial charge in [0.2, 0.25) is 0 Å². The molecule has 0 aliphatic carbocycles. The lowest BCUT2D eigenvalue weighted by Gasteiger charge is -2.19. The van der Waals surface area contributed by atoms with Gasteiger partial charge in [0, 0.05) is 32.7 Å². The highest BCUT2D eigenvalue weighted by Gasteiger charge is 2.21. The maximum Gasteiger partial charge on any atom is 0.149 e. The summed E-state index contributed by atoms with van der Waals surface area (Å²) in [6.07, 6.45) is 3.28. The second-order valence-electron chi connectivity index (χ2n) is 4.80. The van der Waals surface area contributed by atoms with E-state index in [1.807, 2.05) is 0 Å². The second kappa shape index (κ2) is 5.60. The molecule has 17 heavy (non-hydrogen) atoms. The zero-order valence-corrected chi connectivity index (χ0v) is 10.9. The fourth-order valence-corrected chi connectivity index (χ4v) is 2.37. The summed E-state index contributed by atoms with van der Waals surface area (Å²) in [5.74, 6) is 2.21.